The van der Waals surface area contributed by atoms with Crippen molar-refractivity contribution in [2.75, 3.05) is 26.4 Å². The third kappa shape index (κ3) is 11.2. The third-order valence-electron chi connectivity index (χ3n) is 1.79. The van der Waals surface area contributed by atoms with Gasteiger partial charge in [-0.25, -0.2) is 19.6 Å². The summed E-state index contributed by atoms with van der Waals surface area (Å²) in [4.78, 5) is 19.9. The second-order valence-corrected chi connectivity index (χ2v) is 5.79. The summed E-state index contributed by atoms with van der Waals surface area (Å²) in [6.07, 6.45) is 3.02. The van der Waals surface area contributed by atoms with Gasteiger partial charge in [-0.1, -0.05) is 27.7 Å². The lowest BCUT2D eigenvalue weighted by Crippen LogP contribution is -2.49. The summed E-state index contributed by atoms with van der Waals surface area (Å²) < 4.78 is 20.4. The average molecular weight is 328 g/mol. The minimum absolute atomic E-state index is 0.347. The number of hydrogen-bond acceptors (Lipinski definition) is 8. The SMILES string of the molecule is CCCOO[Si](OOCCC)(OOCCC)OOCCC. The summed E-state index contributed by atoms with van der Waals surface area (Å²) in [6, 6.07) is 0. The van der Waals surface area contributed by atoms with Crippen LogP contribution in [0.1, 0.15) is 53.4 Å². The second kappa shape index (κ2) is 14.8. The van der Waals surface area contributed by atoms with Crippen LogP contribution in [0.3, 0.4) is 0 Å². The van der Waals surface area contributed by atoms with Crippen molar-refractivity contribution in [3.8, 4) is 0 Å². The first-order valence-electron chi connectivity index (χ1n) is 7.47. The van der Waals surface area contributed by atoms with Crippen LogP contribution in [0.4, 0.5) is 0 Å². The first-order valence-corrected chi connectivity index (χ1v) is 9.10. The molecule has 0 aromatic heterocycles. The van der Waals surface area contributed by atoms with E-state index in [4.69, 9.17) is 37.9 Å². The Labute approximate surface area is 127 Å². The molecular weight excluding hydrogens is 300 g/mol. The van der Waals surface area contributed by atoms with E-state index in [1.54, 1.807) is 0 Å². The van der Waals surface area contributed by atoms with Gasteiger partial charge >= 0.3 is 9.05 Å². The number of hydrogen-bond donors (Lipinski definition) is 0. The molecule has 0 unspecified atom stereocenters. The Hall–Kier alpha value is -0.103. The molecule has 0 spiro atoms. The van der Waals surface area contributed by atoms with Crippen molar-refractivity contribution in [1.29, 1.82) is 0 Å². The Morgan fingerprint density at radius 3 is 0.905 bits per heavy atom. The van der Waals surface area contributed by atoms with Crippen molar-refractivity contribution >= 4 is 9.05 Å². The van der Waals surface area contributed by atoms with E-state index in [0.29, 0.717) is 26.4 Å². The van der Waals surface area contributed by atoms with E-state index in [2.05, 4.69) is 0 Å². The Morgan fingerprint density at radius 1 is 0.476 bits per heavy atom. The van der Waals surface area contributed by atoms with Crippen molar-refractivity contribution in [2.45, 2.75) is 53.4 Å². The van der Waals surface area contributed by atoms with E-state index in [1.165, 1.54) is 0 Å². The van der Waals surface area contributed by atoms with Crippen LogP contribution in [0.5, 0.6) is 0 Å². The first kappa shape index (κ1) is 20.9. The summed E-state index contributed by atoms with van der Waals surface area (Å²) in [5.41, 5.74) is 0. The molecule has 0 aliphatic rings. The molecule has 8 nitrogen and oxygen atoms in total. The van der Waals surface area contributed by atoms with Crippen LogP contribution in [0.15, 0.2) is 0 Å². The molecule has 0 aliphatic heterocycles. The zero-order valence-electron chi connectivity index (χ0n) is 13.4. The maximum absolute atomic E-state index is 5.11. The molecule has 0 aliphatic carbocycles. The summed E-state index contributed by atoms with van der Waals surface area (Å²) in [7, 11) is -3.83. The van der Waals surface area contributed by atoms with Crippen molar-refractivity contribution in [1.82, 2.24) is 0 Å². The zero-order valence-corrected chi connectivity index (χ0v) is 14.4. The first-order chi connectivity index (χ1) is 10.2. The molecule has 0 atom stereocenters. The summed E-state index contributed by atoms with van der Waals surface area (Å²) in [5.74, 6) is 0. The molecule has 0 rings (SSSR count). The molecule has 0 heterocycles. The van der Waals surface area contributed by atoms with Crippen LogP contribution in [0.25, 0.3) is 0 Å². The van der Waals surface area contributed by atoms with Gasteiger partial charge in [0.15, 0.2) is 0 Å². The number of rotatable bonds is 16. The highest BCUT2D eigenvalue weighted by atomic mass is 28.4. The van der Waals surface area contributed by atoms with E-state index >= 15 is 0 Å². The lowest BCUT2D eigenvalue weighted by Gasteiger charge is -2.23. The molecule has 0 radical (unpaired) electrons. The van der Waals surface area contributed by atoms with Crippen molar-refractivity contribution in [3.05, 3.63) is 0 Å². The van der Waals surface area contributed by atoms with Crippen LogP contribution in [0.2, 0.25) is 0 Å². The average Bonchev–Trinajstić information content (AvgIpc) is 2.48. The summed E-state index contributed by atoms with van der Waals surface area (Å²) in [5, 5.41) is 0. The Morgan fingerprint density at radius 2 is 0.714 bits per heavy atom. The molecule has 0 saturated carbocycles. The van der Waals surface area contributed by atoms with E-state index < -0.39 is 9.05 Å². The lowest BCUT2D eigenvalue weighted by molar-refractivity contribution is -0.427. The predicted molar refractivity (Wildman–Crippen MR) is 75.1 cm³/mol. The molecule has 0 aromatic rings. The minimum Gasteiger partial charge on any atom is -0.241 e. The molecule has 0 fully saturated rings. The van der Waals surface area contributed by atoms with E-state index in [9.17, 15) is 0 Å². The third-order valence-corrected chi connectivity index (χ3v) is 3.08. The largest absolute Gasteiger partial charge is 0.792 e. The second-order valence-electron chi connectivity index (χ2n) is 4.12. The van der Waals surface area contributed by atoms with Crippen LogP contribution < -0.4 is 0 Å². The Kier molecular flexibility index (Phi) is 14.7. The van der Waals surface area contributed by atoms with Crippen molar-refractivity contribution < 1.29 is 37.9 Å². The standard InChI is InChI=1S/C12H28O8Si/c1-5-9-13-17-21(18-14-10-6-2,19-15-11-7-3)20-16-12-8-4/h5-12H2,1-4H3. The van der Waals surface area contributed by atoms with Gasteiger partial charge in [0.25, 0.3) is 0 Å². The molecule has 0 saturated heterocycles. The Balaban J connectivity index is 4.52. The molecule has 0 N–H and O–H groups in total. The fourth-order valence-electron chi connectivity index (χ4n) is 0.872. The van der Waals surface area contributed by atoms with Crippen LogP contribution >= 0.6 is 0 Å². The predicted octanol–water partition coefficient (Wildman–Crippen LogP) is 2.85. The van der Waals surface area contributed by atoms with Crippen LogP contribution in [-0.2, 0) is 37.9 Å². The molecular formula is C12H28O8Si. The maximum atomic E-state index is 5.11. The van der Waals surface area contributed by atoms with Crippen LogP contribution in [-0.4, -0.2) is 35.5 Å². The Bertz CT molecular complexity index is 174. The van der Waals surface area contributed by atoms with Crippen molar-refractivity contribution in [3.63, 3.8) is 0 Å². The fourth-order valence-corrected chi connectivity index (χ4v) is 1.95. The van der Waals surface area contributed by atoms with Crippen LogP contribution in [0, 0.1) is 0 Å². The normalized spacial score (nSPS) is 12.0. The van der Waals surface area contributed by atoms with Gasteiger partial charge in [-0.05, 0) is 25.7 Å². The molecule has 0 aromatic carbocycles. The molecule has 128 valence electrons. The molecule has 0 bridgehead atoms. The van der Waals surface area contributed by atoms with Gasteiger partial charge < -0.3 is 0 Å². The van der Waals surface area contributed by atoms with Gasteiger partial charge in [0, 0.05) is 0 Å². The van der Waals surface area contributed by atoms with Gasteiger partial charge in [0.1, 0.15) is 0 Å². The monoisotopic (exact) mass is 328 g/mol. The fraction of sp³-hybridized carbons (Fsp3) is 1.00. The van der Waals surface area contributed by atoms with Gasteiger partial charge in [-0.15, -0.1) is 0 Å². The summed E-state index contributed by atoms with van der Waals surface area (Å²) >= 11 is 0. The smallest absolute Gasteiger partial charge is 0.241 e. The lowest BCUT2D eigenvalue weighted by atomic mass is 10.5. The van der Waals surface area contributed by atoms with E-state index in [-0.39, 0.29) is 0 Å². The minimum atomic E-state index is -3.83. The van der Waals surface area contributed by atoms with Crippen molar-refractivity contribution in [2.24, 2.45) is 0 Å². The van der Waals surface area contributed by atoms with Gasteiger partial charge in [0.05, 0.1) is 26.4 Å². The molecule has 21 heavy (non-hydrogen) atoms. The highest BCUT2D eigenvalue weighted by Crippen LogP contribution is 2.15. The highest BCUT2D eigenvalue weighted by Gasteiger charge is 2.54. The molecule has 0 amide bonds. The van der Waals surface area contributed by atoms with E-state index in [0.717, 1.165) is 25.7 Å². The quantitative estimate of drug-likeness (QED) is 0.185. The zero-order chi connectivity index (χ0) is 15.8. The van der Waals surface area contributed by atoms with E-state index in [1.807, 2.05) is 27.7 Å². The summed E-state index contributed by atoms with van der Waals surface area (Å²) in [6.45, 7) is 9.13. The van der Waals surface area contributed by atoms with Gasteiger partial charge in [0.2, 0.25) is 0 Å². The maximum Gasteiger partial charge on any atom is 0.792 e. The topological polar surface area (TPSA) is 73.8 Å². The highest BCUT2D eigenvalue weighted by molar-refractivity contribution is 6.52. The molecule has 9 heteroatoms. The van der Waals surface area contributed by atoms with Gasteiger partial charge in [-0.2, -0.15) is 18.3 Å². The van der Waals surface area contributed by atoms with Gasteiger partial charge in [-0.3, -0.25) is 0 Å².